The monoisotopic (exact) mass is 284 g/mol. The van der Waals surface area contributed by atoms with Gasteiger partial charge in [0.2, 0.25) is 0 Å². The molecule has 0 saturated heterocycles. The summed E-state index contributed by atoms with van der Waals surface area (Å²) in [4.78, 5) is 0.372. The molecular weight excluding hydrogens is 260 g/mol. The molecule has 108 valence electrons. The molecule has 19 heavy (non-hydrogen) atoms. The zero-order valence-corrected chi connectivity index (χ0v) is 12.8. The van der Waals surface area contributed by atoms with Gasteiger partial charge >= 0.3 is 0 Å². The molecule has 1 aromatic rings. The lowest BCUT2D eigenvalue weighted by Crippen LogP contribution is -2.29. The maximum absolute atomic E-state index is 11.3. The standard InChI is InChI=1S/C14H24N2O2S/c1-4-16-12(2)9-10-15-11-13-5-7-14(8-6-13)19(3,17)18/h5-8,12,15-16H,4,9-11H2,1-3H3. The molecule has 1 atom stereocenters. The van der Waals surface area contributed by atoms with Crippen molar-refractivity contribution < 1.29 is 8.42 Å². The molecule has 1 unspecified atom stereocenters. The predicted octanol–water partition coefficient (Wildman–Crippen LogP) is 1.57. The van der Waals surface area contributed by atoms with Crippen LogP contribution in [0.15, 0.2) is 29.2 Å². The molecule has 0 spiro atoms. The van der Waals surface area contributed by atoms with Crippen LogP contribution in [0.5, 0.6) is 0 Å². The Morgan fingerprint density at radius 1 is 1.21 bits per heavy atom. The second-order valence-electron chi connectivity index (χ2n) is 4.84. The minimum absolute atomic E-state index is 0.372. The first kappa shape index (κ1) is 16.1. The van der Waals surface area contributed by atoms with Crippen molar-refractivity contribution in [2.45, 2.75) is 37.8 Å². The molecule has 0 saturated carbocycles. The summed E-state index contributed by atoms with van der Waals surface area (Å²) in [6, 6.07) is 7.56. The summed E-state index contributed by atoms with van der Waals surface area (Å²) in [5.41, 5.74) is 1.10. The molecule has 5 heteroatoms. The second kappa shape index (κ2) is 7.62. The zero-order chi connectivity index (χ0) is 14.3. The largest absolute Gasteiger partial charge is 0.314 e. The van der Waals surface area contributed by atoms with Crippen LogP contribution in [-0.4, -0.2) is 33.8 Å². The SMILES string of the molecule is CCNC(C)CCNCc1ccc(S(C)(=O)=O)cc1. The fourth-order valence-electron chi connectivity index (χ4n) is 1.86. The quantitative estimate of drug-likeness (QED) is 0.711. The lowest BCUT2D eigenvalue weighted by Gasteiger charge is -2.12. The number of sulfone groups is 1. The van der Waals surface area contributed by atoms with E-state index < -0.39 is 9.84 Å². The molecule has 0 heterocycles. The summed E-state index contributed by atoms with van der Waals surface area (Å²) in [6.07, 6.45) is 2.30. The van der Waals surface area contributed by atoms with Gasteiger partial charge in [-0.15, -0.1) is 0 Å². The van der Waals surface area contributed by atoms with Crippen molar-refractivity contribution in [3.8, 4) is 0 Å². The highest BCUT2D eigenvalue weighted by molar-refractivity contribution is 7.90. The van der Waals surface area contributed by atoms with Crippen LogP contribution in [0.1, 0.15) is 25.8 Å². The molecule has 1 aromatic carbocycles. The topological polar surface area (TPSA) is 58.2 Å². The first-order chi connectivity index (χ1) is 8.93. The molecule has 0 amide bonds. The van der Waals surface area contributed by atoms with Gasteiger partial charge in [0.05, 0.1) is 4.90 Å². The van der Waals surface area contributed by atoms with E-state index in [-0.39, 0.29) is 0 Å². The third-order valence-corrected chi connectivity index (χ3v) is 4.12. The third kappa shape index (κ3) is 6.18. The number of hydrogen-bond acceptors (Lipinski definition) is 4. The van der Waals surface area contributed by atoms with Crippen molar-refractivity contribution >= 4 is 9.84 Å². The van der Waals surface area contributed by atoms with E-state index in [1.807, 2.05) is 12.1 Å². The average molecular weight is 284 g/mol. The van der Waals surface area contributed by atoms with Crippen molar-refractivity contribution in [1.82, 2.24) is 10.6 Å². The normalized spacial score (nSPS) is 13.4. The van der Waals surface area contributed by atoms with Crippen LogP contribution in [0.2, 0.25) is 0 Å². The molecule has 1 rings (SSSR count). The van der Waals surface area contributed by atoms with Crippen LogP contribution in [0.4, 0.5) is 0 Å². The molecular formula is C14H24N2O2S. The van der Waals surface area contributed by atoms with Crippen LogP contribution < -0.4 is 10.6 Å². The minimum atomic E-state index is -3.09. The Morgan fingerprint density at radius 3 is 2.37 bits per heavy atom. The Kier molecular flexibility index (Phi) is 6.48. The zero-order valence-electron chi connectivity index (χ0n) is 11.9. The van der Waals surface area contributed by atoms with Crippen LogP contribution in [-0.2, 0) is 16.4 Å². The Labute approximate surface area is 116 Å². The van der Waals surface area contributed by atoms with Crippen LogP contribution >= 0.6 is 0 Å². The lowest BCUT2D eigenvalue weighted by atomic mass is 10.2. The lowest BCUT2D eigenvalue weighted by molar-refractivity contribution is 0.504. The van der Waals surface area contributed by atoms with Crippen molar-refractivity contribution in [2.24, 2.45) is 0 Å². The Morgan fingerprint density at radius 2 is 1.84 bits per heavy atom. The molecule has 2 N–H and O–H groups in total. The van der Waals surface area contributed by atoms with Crippen LogP contribution in [0.25, 0.3) is 0 Å². The van der Waals surface area contributed by atoms with Gasteiger partial charge in [0.15, 0.2) is 9.84 Å². The second-order valence-corrected chi connectivity index (χ2v) is 6.86. The molecule has 0 bridgehead atoms. The van der Waals surface area contributed by atoms with E-state index in [1.165, 1.54) is 6.26 Å². The van der Waals surface area contributed by atoms with Crippen molar-refractivity contribution in [2.75, 3.05) is 19.3 Å². The summed E-state index contributed by atoms with van der Waals surface area (Å²) >= 11 is 0. The molecule has 0 radical (unpaired) electrons. The van der Waals surface area contributed by atoms with Gasteiger partial charge in [0, 0.05) is 18.8 Å². The molecule has 0 aliphatic carbocycles. The van der Waals surface area contributed by atoms with Crippen LogP contribution in [0.3, 0.4) is 0 Å². The number of benzene rings is 1. The van der Waals surface area contributed by atoms with E-state index >= 15 is 0 Å². The molecule has 0 aliphatic rings. The van der Waals surface area contributed by atoms with Gasteiger partial charge in [-0.05, 0) is 44.1 Å². The average Bonchev–Trinajstić information content (AvgIpc) is 2.34. The first-order valence-corrected chi connectivity index (χ1v) is 8.55. The highest BCUT2D eigenvalue weighted by Gasteiger charge is 2.05. The highest BCUT2D eigenvalue weighted by Crippen LogP contribution is 2.10. The summed E-state index contributed by atoms with van der Waals surface area (Å²) in [6.45, 7) is 6.98. The van der Waals surface area contributed by atoms with Gasteiger partial charge in [-0.3, -0.25) is 0 Å². The van der Waals surface area contributed by atoms with E-state index in [0.29, 0.717) is 10.9 Å². The molecule has 0 aromatic heterocycles. The smallest absolute Gasteiger partial charge is 0.175 e. The van der Waals surface area contributed by atoms with Gasteiger partial charge in [-0.25, -0.2) is 8.42 Å². The summed E-state index contributed by atoms with van der Waals surface area (Å²) in [7, 11) is -3.09. The number of rotatable bonds is 8. The van der Waals surface area contributed by atoms with Crippen molar-refractivity contribution in [3.63, 3.8) is 0 Å². The van der Waals surface area contributed by atoms with Gasteiger partial charge in [0.1, 0.15) is 0 Å². The van der Waals surface area contributed by atoms with E-state index in [9.17, 15) is 8.42 Å². The van der Waals surface area contributed by atoms with E-state index in [1.54, 1.807) is 12.1 Å². The Hall–Kier alpha value is -0.910. The van der Waals surface area contributed by atoms with Gasteiger partial charge in [0.25, 0.3) is 0 Å². The number of hydrogen-bond donors (Lipinski definition) is 2. The Balaban J connectivity index is 2.35. The van der Waals surface area contributed by atoms with E-state index in [2.05, 4.69) is 24.5 Å². The Bertz CT molecular complexity index is 469. The van der Waals surface area contributed by atoms with Gasteiger partial charge < -0.3 is 10.6 Å². The molecule has 0 aliphatic heterocycles. The highest BCUT2D eigenvalue weighted by atomic mass is 32.2. The first-order valence-electron chi connectivity index (χ1n) is 6.66. The maximum Gasteiger partial charge on any atom is 0.175 e. The molecule has 0 fully saturated rings. The van der Waals surface area contributed by atoms with Gasteiger partial charge in [-0.2, -0.15) is 0 Å². The fourth-order valence-corrected chi connectivity index (χ4v) is 2.49. The van der Waals surface area contributed by atoms with E-state index in [0.717, 1.165) is 31.6 Å². The third-order valence-electron chi connectivity index (χ3n) is 2.99. The number of nitrogens with one attached hydrogen (secondary N) is 2. The summed E-state index contributed by atoms with van der Waals surface area (Å²) in [5, 5.41) is 6.72. The predicted molar refractivity (Wildman–Crippen MR) is 79.0 cm³/mol. The minimum Gasteiger partial charge on any atom is -0.314 e. The van der Waals surface area contributed by atoms with Crippen molar-refractivity contribution in [3.05, 3.63) is 29.8 Å². The van der Waals surface area contributed by atoms with Gasteiger partial charge in [-0.1, -0.05) is 19.1 Å². The van der Waals surface area contributed by atoms with Crippen LogP contribution in [0, 0.1) is 0 Å². The van der Waals surface area contributed by atoms with Crippen molar-refractivity contribution in [1.29, 1.82) is 0 Å². The summed E-state index contributed by atoms with van der Waals surface area (Å²) < 4.78 is 22.6. The summed E-state index contributed by atoms with van der Waals surface area (Å²) in [5.74, 6) is 0. The fraction of sp³-hybridized carbons (Fsp3) is 0.571. The maximum atomic E-state index is 11.3. The molecule has 4 nitrogen and oxygen atoms in total. The van der Waals surface area contributed by atoms with E-state index in [4.69, 9.17) is 0 Å².